The lowest BCUT2D eigenvalue weighted by Crippen LogP contribution is -2.34. The predicted molar refractivity (Wildman–Crippen MR) is 79.5 cm³/mol. The summed E-state index contributed by atoms with van der Waals surface area (Å²) in [6.45, 7) is 0.429. The van der Waals surface area contributed by atoms with Crippen LogP contribution in [0.4, 0.5) is 5.69 Å². The van der Waals surface area contributed by atoms with Crippen LogP contribution < -0.4 is 22.3 Å². The second kappa shape index (κ2) is 6.27. The molecule has 4 N–H and O–H groups in total. The quantitative estimate of drug-likeness (QED) is 0.701. The number of aromatic amines is 1. The van der Waals surface area contributed by atoms with Gasteiger partial charge in [-0.25, -0.2) is 4.79 Å². The van der Waals surface area contributed by atoms with E-state index < -0.39 is 11.2 Å². The first kappa shape index (κ1) is 14.9. The number of aromatic nitrogens is 2. The van der Waals surface area contributed by atoms with Crippen LogP contribution in [0.25, 0.3) is 0 Å². The highest BCUT2D eigenvalue weighted by Crippen LogP contribution is 2.17. The van der Waals surface area contributed by atoms with E-state index >= 15 is 0 Å². The van der Waals surface area contributed by atoms with Crippen molar-refractivity contribution >= 4 is 23.2 Å². The van der Waals surface area contributed by atoms with Crippen molar-refractivity contribution in [3.63, 3.8) is 0 Å². The lowest BCUT2D eigenvalue weighted by molar-refractivity contribution is 0.0953. The van der Waals surface area contributed by atoms with Crippen LogP contribution in [0.5, 0.6) is 0 Å². The Kier molecular flexibility index (Phi) is 4.44. The summed E-state index contributed by atoms with van der Waals surface area (Å²) in [4.78, 5) is 36.4. The molecule has 1 amide bonds. The Morgan fingerprint density at radius 1 is 1.33 bits per heavy atom. The minimum atomic E-state index is -0.529. The van der Waals surface area contributed by atoms with Gasteiger partial charge >= 0.3 is 5.69 Å². The fourth-order valence-electron chi connectivity index (χ4n) is 1.73. The molecule has 0 spiro atoms. The van der Waals surface area contributed by atoms with Crippen LogP contribution in [-0.4, -0.2) is 22.0 Å². The summed E-state index contributed by atoms with van der Waals surface area (Å²) >= 11 is 5.81. The first-order valence-electron chi connectivity index (χ1n) is 6.10. The van der Waals surface area contributed by atoms with Gasteiger partial charge in [0.15, 0.2) is 0 Å². The first-order chi connectivity index (χ1) is 9.97. The van der Waals surface area contributed by atoms with Gasteiger partial charge in [0.1, 0.15) is 0 Å². The van der Waals surface area contributed by atoms with E-state index in [1.54, 1.807) is 12.1 Å². The molecular weight excluding hydrogens is 296 g/mol. The number of nitrogens with zero attached hydrogens (tertiary/aromatic N) is 1. The van der Waals surface area contributed by atoms with Gasteiger partial charge in [-0.15, -0.1) is 0 Å². The molecule has 2 aromatic rings. The zero-order chi connectivity index (χ0) is 15.4. The molecule has 0 aliphatic rings. The molecule has 2 rings (SSSR count). The summed E-state index contributed by atoms with van der Waals surface area (Å²) in [5.41, 5.74) is 5.30. The fraction of sp³-hybridized carbons (Fsp3) is 0.154. The van der Waals surface area contributed by atoms with Gasteiger partial charge in [0, 0.05) is 36.1 Å². The van der Waals surface area contributed by atoms with Gasteiger partial charge in [-0.05, 0) is 18.2 Å². The van der Waals surface area contributed by atoms with Crippen LogP contribution in [-0.2, 0) is 6.54 Å². The molecular formula is C13H13ClN4O3. The van der Waals surface area contributed by atoms with Crippen molar-refractivity contribution in [3.05, 3.63) is 61.9 Å². The number of halogens is 1. The van der Waals surface area contributed by atoms with E-state index in [4.69, 9.17) is 17.3 Å². The molecule has 0 saturated heterocycles. The van der Waals surface area contributed by atoms with E-state index in [1.165, 1.54) is 22.9 Å². The second-order valence-corrected chi connectivity index (χ2v) is 4.73. The summed E-state index contributed by atoms with van der Waals surface area (Å²) in [7, 11) is 0. The third kappa shape index (κ3) is 3.73. The van der Waals surface area contributed by atoms with Gasteiger partial charge in [0.2, 0.25) is 0 Å². The molecule has 0 radical (unpaired) electrons. The van der Waals surface area contributed by atoms with E-state index in [-0.39, 0.29) is 24.6 Å². The van der Waals surface area contributed by atoms with Crippen molar-refractivity contribution in [1.29, 1.82) is 0 Å². The standard InChI is InChI=1S/C13H13ClN4O3/c14-8-1-2-10(15)9(7-8)12(20)16-4-6-18-5-3-11(19)17-13(18)21/h1-3,5,7H,4,6,15H2,(H,16,20)(H,17,19,21). The number of H-pyrrole nitrogens is 1. The Balaban J connectivity index is 2.00. The van der Waals surface area contributed by atoms with Crippen molar-refractivity contribution in [1.82, 2.24) is 14.9 Å². The van der Waals surface area contributed by atoms with Gasteiger partial charge < -0.3 is 11.1 Å². The normalized spacial score (nSPS) is 10.3. The van der Waals surface area contributed by atoms with Crippen molar-refractivity contribution in [2.75, 3.05) is 12.3 Å². The number of hydrogen-bond donors (Lipinski definition) is 3. The minimum Gasteiger partial charge on any atom is -0.398 e. The molecule has 0 unspecified atom stereocenters. The molecule has 0 saturated carbocycles. The average molecular weight is 309 g/mol. The number of nitrogen functional groups attached to an aromatic ring is 1. The van der Waals surface area contributed by atoms with Gasteiger partial charge in [0.05, 0.1) is 5.56 Å². The summed E-state index contributed by atoms with van der Waals surface area (Å²) in [5, 5.41) is 3.04. The van der Waals surface area contributed by atoms with Gasteiger partial charge in [-0.1, -0.05) is 11.6 Å². The molecule has 0 bridgehead atoms. The number of benzene rings is 1. The Bertz CT molecular complexity index is 781. The number of carbonyl (C=O) groups is 1. The maximum atomic E-state index is 12.0. The van der Waals surface area contributed by atoms with Crippen LogP contribution >= 0.6 is 11.6 Å². The van der Waals surface area contributed by atoms with Crippen molar-refractivity contribution in [2.24, 2.45) is 0 Å². The highest BCUT2D eigenvalue weighted by atomic mass is 35.5. The number of nitrogens with one attached hydrogen (secondary N) is 2. The molecule has 1 heterocycles. The van der Waals surface area contributed by atoms with Crippen LogP contribution in [0, 0.1) is 0 Å². The smallest absolute Gasteiger partial charge is 0.328 e. The third-order valence-electron chi connectivity index (χ3n) is 2.80. The molecule has 7 nitrogen and oxygen atoms in total. The molecule has 1 aromatic heterocycles. The van der Waals surface area contributed by atoms with E-state index in [2.05, 4.69) is 10.3 Å². The Morgan fingerprint density at radius 2 is 2.10 bits per heavy atom. The Morgan fingerprint density at radius 3 is 2.81 bits per heavy atom. The lowest BCUT2D eigenvalue weighted by Gasteiger charge is -2.09. The number of nitrogens with two attached hydrogens (primary N) is 1. The van der Waals surface area contributed by atoms with E-state index in [9.17, 15) is 14.4 Å². The largest absolute Gasteiger partial charge is 0.398 e. The summed E-state index contributed by atoms with van der Waals surface area (Å²) < 4.78 is 1.28. The number of anilines is 1. The summed E-state index contributed by atoms with van der Waals surface area (Å²) in [6, 6.07) is 5.84. The zero-order valence-electron chi connectivity index (χ0n) is 10.9. The van der Waals surface area contributed by atoms with Crippen molar-refractivity contribution in [2.45, 2.75) is 6.54 Å². The lowest BCUT2D eigenvalue weighted by atomic mass is 10.1. The van der Waals surface area contributed by atoms with E-state index in [0.29, 0.717) is 10.7 Å². The molecule has 0 aliphatic heterocycles. The summed E-state index contributed by atoms with van der Waals surface area (Å²) in [5.74, 6) is -0.382. The zero-order valence-corrected chi connectivity index (χ0v) is 11.7. The molecule has 0 aliphatic carbocycles. The monoisotopic (exact) mass is 308 g/mol. The first-order valence-corrected chi connectivity index (χ1v) is 6.48. The highest BCUT2D eigenvalue weighted by molar-refractivity contribution is 6.31. The van der Waals surface area contributed by atoms with Crippen LogP contribution in [0.1, 0.15) is 10.4 Å². The van der Waals surface area contributed by atoms with Crippen molar-refractivity contribution in [3.8, 4) is 0 Å². The fourth-order valence-corrected chi connectivity index (χ4v) is 1.90. The molecule has 110 valence electrons. The molecule has 0 atom stereocenters. The van der Waals surface area contributed by atoms with Crippen LogP contribution in [0.3, 0.4) is 0 Å². The number of carbonyl (C=O) groups excluding carboxylic acids is 1. The minimum absolute atomic E-state index is 0.205. The molecule has 8 heteroatoms. The summed E-state index contributed by atoms with van der Waals surface area (Å²) in [6.07, 6.45) is 1.36. The van der Waals surface area contributed by atoms with Gasteiger partial charge in [0.25, 0.3) is 11.5 Å². The average Bonchev–Trinajstić information content (AvgIpc) is 2.43. The maximum Gasteiger partial charge on any atom is 0.328 e. The molecule has 1 aromatic carbocycles. The highest BCUT2D eigenvalue weighted by Gasteiger charge is 2.09. The SMILES string of the molecule is Nc1ccc(Cl)cc1C(=O)NCCn1ccc(=O)[nH]c1=O. The molecule has 0 fully saturated rings. The number of amides is 1. The Labute approximate surface area is 124 Å². The maximum absolute atomic E-state index is 12.0. The topological polar surface area (TPSA) is 110 Å². The molecule has 21 heavy (non-hydrogen) atoms. The second-order valence-electron chi connectivity index (χ2n) is 4.29. The van der Waals surface area contributed by atoms with Crippen LogP contribution in [0.15, 0.2) is 40.1 Å². The van der Waals surface area contributed by atoms with Crippen LogP contribution in [0.2, 0.25) is 5.02 Å². The van der Waals surface area contributed by atoms with E-state index in [1.807, 2.05) is 0 Å². The van der Waals surface area contributed by atoms with Gasteiger partial charge in [-0.3, -0.25) is 19.1 Å². The van der Waals surface area contributed by atoms with Crippen molar-refractivity contribution < 1.29 is 4.79 Å². The Hall–Kier alpha value is -2.54. The third-order valence-corrected chi connectivity index (χ3v) is 3.03. The predicted octanol–water partition coefficient (Wildman–Crippen LogP) is 0.202. The number of rotatable bonds is 4. The van der Waals surface area contributed by atoms with Gasteiger partial charge in [-0.2, -0.15) is 0 Å². The number of hydrogen-bond acceptors (Lipinski definition) is 4. The van der Waals surface area contributed by atoms with E-state index in [0.717, 1.165) is 0 Å².